The zero-order valence-electron chi connectivity index (χ0n) is 11.7. The fourth-order valence-electron chi connectivity index (χ4n) is 2.91. The SMILES string of the molecule is CCOC(=O)CCC1CC(NC2CC2)CN(C)C1. The van der Waals surface area contributed by atoms with Gasteiger partial charge in [0.05, 0.1) is 6.61 Å². The summed E-state index contributed by atoms with van der Waals surface area (Å²) in [6.07, 6.45) is 5.43. The Bertz CT molecular complexity index is 277. The van der Waals surface area contributed by atoms with E-state index in [1.807, 2.05) is 6.92 Å². The molecule has 0 amide bonds. The molecule has 0 aromatic heterocycles. The quantitative estimate of drug-likeness (QED) is 0.728. The second kappa shape index (κ2) is 6.53. The Hall–Kier alpha value is -0.610. The Balaban J connectivity index is 1.71. The van der Waals surface area contributed by atoms with Crippen LogP contribution in [-0.4, -0.2) is 49.7 Å². The number of ether oxygens (including phenoxy) is 1. The first kappa shape index (κ1) is 13.8. The molecule has 2 rings (SSSR count). The highest BCUT2D eigenvalue weighted by atomic mass is 16.5. The monoisotopic (exact) mass is 254 g/mol. The number of carbonyl (C=O) groups is 1. The number of hydrogen-bond acceptors (Lipinski definition) is 4. The molecular formula is C14H26N2O2. The summed E-state index contributed by atoms with van der Waals surface area (Å²) < 4.78 is 4.99. The third-order valence-electron chi connectivity index (χ3n) is 3.83. The molecule has 1 heterocycles. The second-order valence-corrected chi connectivity index (χ2v) is 5.80. The summed E-state index contributed by atoms with van der Waals surface area (Å²) in [4.78, 5) is 13.8. The molecule has 4 nitrogen and oxygen atoms in total. The maximum absolute atomic E-state index is 11.4. The smallest absolute Gasteiger partial charge is 0.305 e. The van der Waals surface area contributed by atoms with Crippen LogP contribution in [0.15, 0.2) is 0 Å². The molecule has 0 spiro atoms. The third kappa shape index (κ3) is 4.58. The van der Waals surface area contributed by atoms with Crippen molar-refractivity contribution in [3.63, 3.8) is 0 Å². The van der Waals surface area contributed by atoms with Crippen LogP contribution in [0.25, 0.3) is 0 Å². The molecule has 0 bridgehead atoms. The zero-order valence-corrected chi connectivity index (χ0v) is 11.7. The highest BCUT2D eigenvalue weighted by Crippen LogP contribution is 2.25. The van der Waals surface area contributed by atoms with Crippen LogP contribution in [0.3, 0.4) is 0 Å². The number of esters is 1. The molecule has 0 aromatic rings. The number of likely N-dealkylation sites (tertiary alicyclic amines) is 1. The van der Waals surface area contributed by atoms with Crippen molar-refractivity contribution >= 4 is 5.97 Å². The molecule has 0 aromatic carbocycles. The number of likely N-dealkylation sites (N-methyl/N-ethyl adjacent to an activating group) is 1. The first-order valence-electron chi connectivity index (χ1n) is 7.27. The Morgan fingerprint density at radius 3 is 2.78 bits per heavy atom. The lowest BCUT2D eigenvalue weighted by Gasteiger charge is -2.36. The molecule has 4 heteroatoms. The van der Waals surface area contributed by atoms with Gasteiger partial charge in [-0.1, -0.05) is 0 Å². The number of carbonyl (C=O) groups excluding carboxylic acids is 1. The highest BCUT2D eigenvalue weighted by Gasteiger charge is 2.30. The molecule has 1 saturated carbocycles. The number of hydrogen-bond donors (Lipinski definition) is 1. The van der Waals surface area contributed by atoms with E-state index in [-0.39, 0.29) is 5.97 Å². The van der Waals surface area contributed by atoms with Gasteiger partial charge in [0.1, 0.15) is 0 Å². The second-order valence-electron chi connectivity index (χ2n) is 5.80. The van der Waals surface area contributed by atoms with Crippen LogP contribution < -0.4 is 5.32 Å². The first-order chi connectivity index (χ1) is 8.67. The Morgan fingerprint density at radius 1 is 1.33 bits per heavy atom. The molecule has 0 radical (unpaired) electrons. The third-order valence-corrected chi connectivity index (χ3v) is 3.83. The van der Waals surface area contributed by atoms with Gasteiger partial charge in [0.2, 0.25) is 0 Å². The van der Waals surface area contributed by atoms with E-state index < -0.39 is 0 Å². The van der Waals surface area contributed by atoms with E-state index in [0.29, 0.717) is 25.0 Å². The topological polar surface area (TPSA) is 41.6 Å². The summed E-state index contributed by atoms with van der Waals surface area (Å²) in [6.45, 7) is 4.62. The lowest BCUT2D eigenvalue weighted by atomic mass is 9.90. The van der Waals surface area contributed by atoms with E-state index in [1.165, 1.54) is 19.3 Å². The summed E-state index contributed by atoms with van der Waals surface area (Å²) in [7, 11) is 2.18. The summed E-state index contributed by atoms with van der Waals surface area (Å²) in [5, 5.41) is 3.71. The molecule has 2 atom stereocenters. The minimum atomic E-state index is -0.0440. The average Bonchev–Trinajstić information content (AvgIpc) is 3.10. The molecule has 18 heavy (non-hydrogen) atoms. The van der Waals surface area contributed by atoms with E-state index in [2.05, 4.69) is 17.3 Å². The Morgan fingerprint density at radius 2 is 2.11 bits per heavy atom. The Kier molecular flexibility index (Phi) is 5.01. The van der Waals surface area contributed by atoms with Gasteiger partial charge in [0.15, 0.2) is 0 Å². The van der Waals surface area contributed by atoms with Crippen molar-refractivity contribution in [2.75, 3.05) is 26.7 Å². The maximum Gasteiger partial charge on any atom is 0.305 e. The normalized spacial score (nSPS) is 29.2. The molecular weight excluding hydrogens is 228 g/mol. The molecule has 104 valence electrons. The van der Waals surface area contributed by atoms with Crippen molar-refractivity contribution in [1.29, 1.82) is 0 Å². The number of nitrogens with zero attached hydrogens (tertiary/aromatic N) is 1. The summed E-state index contributed by atoms with van der Waals surface area (Å²) in [6, 6.07) is 1.38. The van der Waals surface area contributed by atoms with Crippen LogP contribution >= 0.6 is 0 Å². The molecule has 1 aliphatic heterocycles. The van der Waals surface area contributed by atoms with Crippen molar-refractivity contribution in [2.24, 2.45) is 5.92 Å². The van der Waals surface area contributed by atoms with Crippen LogP contribution in [0.2, 0.25) is 0 Å². The molecule has 2 aliphatic rings. The fraction of sp³-hybridized carbons (Fsp3) is 0.929. The van der Waals surface area contributed by atoms with Gasteiger partial charge in [0, 0.05) is 31.6 Å². The van der Waals surface area contributed by atoms with Gasteiger partial charge in [-0.3, -0.25) is 4.79 Å². The van der Waals surface area contributed by atoms with Gasteiger partial charge < -0.3 is 15.0 Å². The zero-order chi connectivity index (χ0) is 13.0. The van der Waals surface area contributed by atoms with Gasteiger partial charge in [0.25, 0.3) is 0 Å². The highest BCUT2D eigenvalue weighted by molar-refractivity contribution is 5.69. The van der Waals surface area contributed by atoms with Gasteiger partial charge in [-0.05, 0) is 45.6 Å². The van der Waals surface area contributed by atoms with E-state index in [1.54, 1.807) is 0 Å². The summed E-state index contributed by atoms with van der Waals surface area (Å²) >= 11 is 0. The summed E-state index contributed by atoms with van der Waals surface area (Å²) in [5.41, 5.74) is 0. The van der Waals surface area contributed by atoms with Gasteiger partial charge >= 0.3 is 5.97 Å². The van der Waals surface area contributed by atoms with Crippen LogP contribution in [0.5, 0.6) is 0 Å². The van der Waals surface area contributed by atoms with Crippen molar-refractivity contribution in [3.05, 3.63) is 0 Å². The van der Waals surface area contributed by atoms with E-state index in [9.17, 15) is 4.79 Å². The van der Waals surface area contributed by atoms with Crippen LogP contribution in [-0.2, 0) is 9.53 Å². The van der Waals surface area contributed by atoms with Crippen LogP contribution in [0, 0.1) is 5.92 Å². The Labute approximate surface area is 110 Å². The van der Waals surface area contributed by atoms with Crippen molar-refractivity contribution in [3.8, 4) is 0 Å². The minimum absolute atomic E-state index is 0.0440. The van der Waals surface area contributed by atoms with Crippen LogP contribution in [0.1, 0.15) is 39.0 Å². The van der Waals surface area contributed by atoms with Crippen molar-refractivity contribution < 1.29 is 9.53 Å². The van der Waals surface area contributed by atoms with E-state index in [0.717, 1.165) is 25.6 Å². The predicted molar refractivity (Wildman–Crippen MR) is 71.4 cm³/mol. The number of rotatable bonds is 6. The lowest BCUT2D eigenvalue weighted by Crippen LogP contribution is -2.48. The molecule has 1 N–H and O–H groups in total. The van der Waals surface area contributed by atoms with Crippen molar-refractivity contribution in [1.82, 2.24) is 10.2 Å². The van der Waals surface area contributed by atoms with Gasteiger partial charge in [-0.15, -0.1) is 0 Å². The van der Waals surface area contributed by atoms with E-state index in [4.69, 9.17) is 4.74 Å². The standard InChI is InChI=1S/C14H26N2O2/c1-3-18-14(17)7-4-11-8-13(10-16(2)9-11)15-12-5-6-12/h11-13,15H,3-10H2,1-2H3. The summed E-state index contributed by atoms with van der Waals surface area (Å²) in [5.74, 6) is 0.585. The van der Waals surface area contributed by atoms with Gasteiger partial charge in [-0.2, -0.15) is 0 Å². The van der Waals surface area contributed by atoms with Gasteiger partial charge in [-0.25, -0.2) is 0 Å². The average molecular weight is 254 g/mol. The first-order valence-corrected chi connectivity index (χ1v) is 7.27. The number of piperidine rings is 1. The predicted octanol–water partition coefficient (Wildman–Crippen LogP) is 1.40. The van der Waals surface area contributed by atoms with E-state index >= 15 is 0 Å². The lowest BCUT2D eigenvalue weighted by molar-refractivity contribution is -0.143. The molecule has 1 saturated heterocycles. The van der Waals surface area contributed by atoms with Crippen LogP contribution in [0.4, 0.5) is 0 Å². The minimum Gasteiger partial charge on any atom is -0.466 e. The number of nitrogens with one attached hydrogen (secondary N) is 1. The fourth-order valence-corrected chi connectivity index (χ4v) is 2.91. The molecule has 1 aliphatic carbocycles. The molecule has 2 fully saturated rings. The largest absolute Gasteiger partial charge is 0.466 e. The maximum atomic E-state index is 11.4. The van der Waals surface area contributed by atoms with Crippen molar-refractivity contribution in [2.45, 2.75) is 51.1 Å². The molecule has 2 unspecified atom stereocenters.